The Morgan fingerprint density at radius 1 is 1.45 bits per heavy atom. The van der Waals surface area contributed by atoms with Crippen LogP contribution >= 0.6 is 0 Å². The first-order chi connectivity index (χ1) is 9.63. The van der Waals surface area contributed by atoms with Crippen molar-refractivity contribution in [1.29, 1.82) is 0 Å². The Kier molecular flexibility index (Phi) is 3.50. The van der Waals surface area contributed by atoms with Crippen molar-refractivity contribution in [3.63, 3.8) is 0 Å². The zero-order valence-electron chi connectivity index (χ0n) is 11.8. The monoisotopic (exact) mass is 276 g/mol. The van der Waals surface area contributed by atoms with E-state index >= 15 is 0 Å². The Morgan fingerprint density at radius 3 is 3.15 bits per heavy atom. The van der Waals surface area contributed by atoms with E-state index < -0.39 is 0 Å². The van der Waals surface area contributed by atoms with Gasteiger partial charge in [0.2, 0.25) is 5.91 Å². The zero-order valence-corrected chi connectivity index (χ0v) is 11.8. The summed E-state index contributed by atoms with van der Waals surface area (Å²) in [6.07, 6.45) is 4.36. The molecule has 1 aliphatic heterocycles. The van der Waals surface area contributed by atoms with Gasteiger partial charge in [-0.1, -0.05) is 18.9 Å². The van der Waals surface area contributed by atoms with Crippen molar-refractivity contribution in [1.82, 2.24) is 5.32 Å². The number of amides is 1. The number of carbonyl (C=O) groups is 1. The van der Waals surface area contributed by atoms with Gasteiger partial charge in [0.1, 0.15) is 5.82 Å². The lowest BCUT2D eigenvalue weighted by Gasteiger charge is -2.37. The third-order valence-corrected chi connectivity index (χ3v) is 5.01. The maximum Gasteiger partial charge on any atom is 0.232 e. The number of hydrogen-bond acceptors (Lipinski definition) is 2. The molecule has 1 aromatic rings. The standard InChI is InChI=1S/C16H21FN2O/c1-11-13(17)6-4-7-14(11)19-15(20)16-8-3-2-5-12(16)9-18-10-16/h4,6-7,12,18H,2-3,5,8-10H2,1H3,(H,19,20)/t12-,16+/m0/s1. The lowest BCUT2D eigenvalue weighted by Crippen LogP contribution is -2.44. The van der Waals surface area contributed by atoms with Crippen LogP contribution in [0.25, 0.3) is 0 Å². The van der Waals surface area contributed by atoms with Gasteiger partial charge in [0.25, 0.3) is 0 Å². The first-order valence-corrected chi connectivity index (χ1v) is 7.41. The Morgan fingerprint density at radius 2 is 2.30 bits per heavy atom. The molecular weight excluding hydrogens is 255 g/mol. The van der Waals surface area contributed by atoms with Gasteiger partial charge in [-0.25, -0.2) is 4.39 Å². The Bertz CT molecular complexity index is 531. The summed E-state index contributed by atoms with van der Waals surface area (Å²) in [5, 5.41) is 6.33. The number of carbonyl (C=O) groups excluding carboxylic acids is 1. The molecule has 0 bridgehead atoms. The number of rotatable bonds is 2. The van der Waals surface area contributed by atoms with Gasteiger partial charge in [0, 0.05) is 17.8 Å². The van der Waals surface area contributed by atoms with Gasteiger partial charge in [0.05, 0.1) is 5.41 Å². The van der Waals surface area contributed by atoms with E-state index in [1.165, 1.54) is 12.5 Å². The largest absolute Gasteiger partial charge is 0.325 e. The summed E-state index contributed by atoms with van der Waals surface area (Å²) in [5.41, 5.74) is 0.813. The molecule has 2 N–H and O–H groups in total. The van der Waals surface area contributed by atoms with Crippen molar-refractivity contribution in [2.75, 3.05) is 18.4 Å². The van der Waals surface area contributed by atoms with Crippen LogP contribution in [0.15, 0.2) is 18.2 Å². The molecule has 1 saturated carbocycles. The minimum atomic E-state index is -0.295. The molecule has 20 heavy (non-hydrogen) atoms. The molecule has 0 unspecified atom stereocenters. The van der Waals surface area contributed by atoms with E-state index in [9.17, 15) is 9.18 Å². The third-order valence-electron chi connectivity index (χ3n) is 5.01. The summed E-state index contributed by atoms with van der Waals surface area (Å²) >= 11 is 0. The van der Waals surface area contributed by atoms with Crippen LogP contribution in [-0.4, -0.2) is 19.0 Å². The molecular formula is C16H21FN2O. The highest BCUT2D eigenvalue weighted by Gasteiger charge is 2.49. The van der Waals surface area contributed by atoms with Gasteiger partial charge >= 0.3 is 0 Å². The van der Waals surface area contributed by atoms with Crippen LogP contribution < -0.4 is 10.6 Å². The fraction of sp³-hybridized carbons (Fsp3) is 0.562. The van der Waals surface area contributed by atoms with E-state index in [0.717, 1.165) is 32.4 Å². The quantitative estimate of drug-likeness (QED) is 0.872. The normalized spacial score (nSPS) is 29.0. The number of hydrogen-bond donors (Lipinski definition) is 2. The van der Waals surface area contributed by atoms with Crippen molar-refractivity contribution < 1.29 is 9.18 Å². The highest BCUT2D eigenvalue weighted by atomic mass is 19.1. The van der Waals surface area contributed by atoms with E-state index in [0.29, 0.717) is 17.2 Å². The first-order valence-electron chi connectivity index (χ1n) is 7.41. The van der Waals surface area contributed by atoms with Gasteiger partial charge in [-0.05, 0) is 44.4 Å². The van der Waals surface area contributed by atoms with Gasteiger partial charge in [0.15, 0.2) is 0 Å². The fourth-order valence-electron chi connectivity index (χ4n) is 3.68. The molecule has 2 fully saturated rings. The number of nitrogens with one attached hydrogen (secondary N) is 2. The van der Waals surface area contributed by atoms with Crippen LogP contribution in [-0.2, 0) is 4.79 Å². The van der Waals surface area contributed by atoms with Crippen LogP contribution in [0.2, 0.25) is 0 Å². The Hall–Kier alpha value is -1.42. The number of benzene rings is 1. The van der Waals surface area contributed by atoms with E-state index in [4.69, 9.17) is 0 Å². The maximum absolute atomic E-state index is 13.6. The van der Waals surface area contributed by atoms with Gasteiger partial charge in [-0.15, -0.1) is 0 Å². The topological polar surface area (TPSA) is 41.1 Å². The molecule has 1 amide bonds. The number of anilines is 1. The predicted octanol–water partition coefficient (Wildman–Crippen LogP) is 2.85. The van der Waals surface area contributed by atoms with E-state index in [1.54, 1.807) is 19.1 Å². The average molecular weight is 276 g/mol. The molecule has 108 valence electrons. The van der Waals surface area contributed by atoms with Crippen LogP contribution in [0.5, 0.6) is 0 Å². The maximum atomic E-state index is 13.6. The summed E-state index contributed by atoms with van der Waals surface area (Å²) in [5.74, 6) is 0.205. The van der Waals surface area contributed by atoms with Gasteiger partial charge < -0.3 is 10.6 Å². The Balaban J connectivity index is 1.83. The van der Waals surface area contributed by atoms with Gasteiger partial charge in [-0.2, -0.15) is 0 Å². The first kappa shape index (κ1) is 13.6. The van der Waals surface area contributed by atoms with E-state index in [-0.39, 0.29) is 17.1 Å². The van der Waals surface area contributed by atoms with Crippen molar-refractivity contribution >= 4 is 11.6 Å². The summed E-state index contributed by atoms with van der Waals surface area (Å²) in [4.78, 5) is 12.8. The molecule has 0 spiro atoms. The second-order valence-corrected chi connectivity index (χ2v) is 6.10. The Labute approximate surface area is 118 Å². The lowest BCUT2D eigenvalue weighted by atomic mass is 9.67. The number of halogens is 1. The SMILES string of the molecule is Cc1c(F)cccc1NC(=O)[C@@]12CCCC[C@H]1CNC2. The zero-order chi connectivity index (χ0) is 14.2. The second kappa shape index (κ2) is 5.17. The minimum absolute atomic E-state index is 0.0564. The van der Waals surface area contributed by atoms with Crippen LogP contribution in [0.3, 0.4) is 0 Å². The summed E-state index contributed by atoms with van der Waals surface area (Å²) in [6, 6.07) is 4.83. The van der Waals surface area contributed by atoms with Crippen molar-refractivity contribution in [2.45, 2.75) is 32.6 Å². The van der Waals surface area contributed by atoms with Crippen LogP contribution in [0, 0.1) is 24.1 Å². The molecule has 1 saturated heterocycles. The number of fused-ring (bicyclic) bond motifs is 1. The average Bonchev–Trinajstić information content (AvgIpc) is 2.89. The molecule has 4 heteroatoms. The molecule has 3 nitrogen and oxygen atoms in total. The minimum Gasteiger partial charge on any atom is -0.325 e. The smallest absolute Gasteiger partial charge is 0.232 e. The van der Waals surface area contributed by atoms with Crippen molar-refractivity contribution in [2.24, 2.45) is 11.3 Å². The fourth-order valence-corrected chi connectivity index (χ4v) is 3.68. The molecule has 2 atom stereocenters. The molecule has 0 aromatic heterocycles. The highest BCUT2D eigenvalue weighted by Crippen LogP contribution is 2.44. The highest BCUT2D eigenvalue weighted by molar-refractivity contribution is 5.96. The summed E-state index contributed by atoms with van der Waals surface area (Å²) < 4.78 is 13.6. The predicted molar refractivity (Wildman–Crippen MR) is 77.0 cm³/mol. The third kappa shape index (κ3) is 2.12. The summed E-state index contributed by atoms with van der Waals surface area (Å²) in [6.45, 7) is 3.38. The van der Waals surface area contributed by atoms with E-state index in [2.05, 4.69) is 10.6 Å². The van der Waals surface area contributed by atoms with Crippen LogP contribution in [0.1, 0.15) is 31.2 Å². The molecule has 2 aliphatic rings. The molecule has 3 rings (SSSR count). The molecule has 1 heterocycles. The van der Waals surface area contributed by atoms with Gasteiger partial charge in [-0.3, -0.25) is 4.79 Å². The van der Waals surface area contributed by atoms with Crippen molar-refractivity contribution in [3.8, 4) is 0 Å². The molecule has 1 aromatic carbocycles. The van der Waals surface area contributed by atoms with Crippen molar-refractivity contribution in [3.05, 3.63) is 29.6 Å². The molecule has 1 aliphatic carbocycles. The van der Waals surface area contributed by atoms with Crippen LogP contribution in [0.4, 0.5) is 10.1 Å². The second-order valence-electron chi connectivity index (χ2n) is 6.10. The lowest BCUT2D eigenvalue weighted by molar-refractivity contribution is -0.128. The summed E-state index contributed by atoms with van der Waals surface area (Å²) in [7, 11) is 0. The molecule has 0 radical (unpaired) electrons. The van der Waals surface area contributed by atoms with E-state index in [1.807, 2.05) is 0 Å².